The Morgan fingerprint density at radius 1 is 1.56 bits per heavy atom. The lowest BCUT2D eigenvalue weighted by molar-refractivity contribution is -0.136. The van der Waals surface area contributed by atoms with Gasteiger partial charge in [-0.3, -0.25) is 4.79 Å². The summed E-state index contributed by atoms with van der Waals surface area (Å²) in [5.41, 5.74) is 0.868. The summed E-state index contributed by atoms with van der Waals surface area (Å²) in [6, 6.07) is 0. The van der Waals surface area contributed by atoms with Crippen LogP contribution in [-0.2, 0) is 17.0 Å². The molecule has 0 unspecified atom stereocenters. The fourth-order valence-corrected chi connectivity index (χ4v) is 3.40. The van der Waals surface area contributed by atoms with Crippen LogP contribution in [0.3, 0.4) is 0 Å². The van der Waals surface area contributed by atoms with Crippen molar-refractivity contribution >= 4 is 29.1 Å². The molecule has 1 heterocycles. The summed E-state index contributed by atoms with van der Waals surface area (Å²) < 4.78 is 0. The first-order chi connectivity index (χ1) is 7.49. The van der Waals surface area contributed by atoms with Crippen molar-refractivity contribution in [2.75, 3.05) is 5.75 Å². The number of thioether (sulfide) groups is 1. The van der Waals surface area contributed by atoms with E-state index in [1.165, 1.54) is 11.3 Å². The van der Waals surface area contributed by atoms with Crippen LogP contribution < -0.4 is 0 Å². The minimum absolute atomic E-state index is 0.0956. The van der Waals surface area contributed by atoms with E-state index in [1.54, 1.807) is 0 Å². The topological polar surface area (TPSA) is 50.2 Å². The summed E-state index contributed by atoms with van der Waals surface area (Å²) in [5.74, 6) is 1.91. The summed E-state index contributed by atoms with van der Waals surface area (Å²) in [4.78, 5) is 15.9. The van der Waals surface area contributed by atoms with Crippen LogP contribution in [0.2, 0.25) is 0 Å². The molecule has 0 aliphatic carbocycles. The molecule has 0 aromatic carbocycles. The van der Waals surface area contributed by atoms with Gasteiger partial charge in [-0.15, -0.1) is 11.3 Å². The number of aryl methyl sites for hydroxylation is 1. The van der Waals surface area contributed by atoms with Crippen molar-refractivity contribution in [2.45, 2.75) is 32.9 Å². The van der Waals surface area contributed by atoms with Gasteiger partial charge in [0.2, 0.25) is 0 Å². The molecule has 0 aliphatic heterocycles. The number of aliphatic carboxylic acids is 1. The van der Waals surface area contributed by atoms with Crippen LogP contribution in [0.5, 0.6) is 0 Å². The Morgan fingerprint density at radius 2 is 2.25 bits per heavy atom. The summed E-state index contributed by atoms with van der Waals surface area (Å²) in [6.07, 6.45) is 0.0956. The monoisotopic (exact) mass is 259 g/mol. The molecule has 1 rings (SSSR count). The Bertz CT molecular complexity index is 361. The van der Waals surface area contributed by atoms with Gasteiger partial charge in [0.15, 0.2) is 0 Å². The molecule has 0 amide bonds. The molecule has 0 saturated heterocycles. The molecule has 1 N–H and O–H groups in total. The summed E-state index contributed by atoms with van der Waals surface area (Å²) in [7, 11) is 0. The highest BCUT2D eigenvalue weighted by atomic mass is 32.2. The van der Waals surface area contributed by atoms with Crippen molar-refractivity contribution in [3.05, 3.63) is 15.6 Å². The van der Waals surface area contributed by atoms with E-state index in [2.05, 4.69) is 18.8 Å². The maximum atomic E-state index is 10.6. The van der Waals surface area contributed by atoms with Crippen LogP contribution in [-0.4, -0.2) is 21.8 Å². The Kier molecular flexibility index (Phi) is 5.28. The normalized spacial score (nSPS) is 11.0. The molecular weight excluding hydrogens is 242 g/mol. The Hall–Kier alpha value is -0.550. The number of hydrogen-bond acceptors (Lipinski definition) is 4. The second kappa shape index (κ2) is 6.25. The van der Waals surface area contributed by atoms with Gasteiger partial charge in [-0.05, 0) is 18.6 Å². The summed E-state index contributed by atoms with van der Waals surface area (Å²) in [6.45, 7) is 6.26. The van der Waals surface area contributed by atoms with Gasteiger partial charge >= 0.3 is 5.97 Å². The number of carboxylic acid groups (broad SMARTS) is 1. The number of nitrogens with zero attached hydrogens (tertiary/aromatic N) is 1. The van der Waals surface area contributed by atoms with E-state index < -0.39 is 5.97 Å². The van der Waals surface area contributed by atoms with E-state index in [4.69, 9.17) is 5.11 Å². The predicted octanol–water partition coefficient (Wildman–Crippen LogP) is 2.97. The Balaban J connectivity index is 2.52. The van der Waals surface area contributed by atoms with Crippen molar-refractivity contribution < 1.29 is 9.90 Å². The summed E-state index contributed by atoms with van der Waals surface area (Å²) >= 11 is 3.38. The number of thiazole rings is 1. The van der Waals surface area contributed by atoms with Crippen LogP contribution in [0.4, 0.5) is 0 Å². The molecule has 0 fully saturated rings. The highest BCUT2D eigenvalue weighted by Gasteiger charge is 2.10. The quantitative estimate of drug-likeness (QED) is 0.853. The minimum atomic E-state index is -0.784. The molecule has 16 heavy (non-hydrogen) atoms. The van der Waals surface area contributed by atoms with E-state index in [-0.39, 0.29) is 6.42 Å². The fraction of sp³-hybridized carbons (Fsp3) is 0.636. The lowest BCUT2D eigenvalue weighted by atomic mass is 10.3. The third kappa shape index (κ3) is 4.53. The predicted molar refractivity (Wildman–Crippen MR) is 69.2 cm³/mol. The smallest absolute Gasteiger partial charge is 0.308 e. The molecule has 3 nitrogen and oxygen atoms in total. The van der Waals surface area contributed by atoms with Gasteiger partial charge < -0.3 is 5.11 Å². The SMILES string of the molecule is Cc1nc(CSCC(C)C)sc1CC(=O)O. The molecular formula is C11H17NO2S2. The van der Waals surface area contributed by atoms with Crippen molar-refractivity contribution in [2.24, 2.45) is 5.92 Å². The standard InChI is InChI=1S/C11H17NO2S2/c1-7(2)5-15-6-10-12-8(3)9(16-10)4-11(13)14/h7H,4-6H2,1-3H3,(H,13,14). The van der Waals surface area contributed by atoms with E-state index in [9.17, 15) is 4.79 Å². The molecule has 1 aromatic rings. The number of carboxylic acids is 1. The molecule has 0 atom stereocenters. The molecule has 0 spiro atoms. The van der Waals surface area contributed by atoms with Crippen LogP contribution in [0.15, 0.2) is 0 Å². The van der Waals surface area contributed by atoms with Crippen molar-refractivity contribution in [1.29, 1.82) is 0 Å². The molecule has 5 heteroatoms. The third-order valence-corrected chi connectivity index (χ3v) is 4.65. The Labute approximate surface area is 104 Å². The lowest BCUT2D eigenvalue weighted by Gasteiger charge is -2.01. The molecule has 1 aromatic heterocycles. The lowest BCUT2D eigenvalue weighted by Crippen LogP contribution is -1.99. The maximum absolute atomic E-state index is 10.6. The van der Waals surface area contributed by atoms with E-state index in [0.717, 1.165) is 27.1 Å². The third-order valence-electron chi connectivity index (χ3n) is 1.93. The first-order valence-electron chi connectivity index (χ1n) is 5.23. The Morgan fingerprint density at radius 3 is 2.81 bits per heavy atom. The first kappa shape index (κ1) is 13.5. The second-order valence-electron chi connectivity index (χ2n) is 4.10. The van der Waals surface area contributed by atoms with E-state index in [1.807, 2.05) is 18.7 Å². The van der Waals surface area contributed by atoms with E-state index >= 15 is 0 Å². The molecule has 90 valence electrons. The van der Waals surface area contributed by atoms with Gasteiger partial charge in [-0.25, -0.2) is 4.98 Å². The van der Waals surface area contributed by atoms with Gasteiger partial charge in [-0.1, -0.05) is 13.8 Å². The van der Waals surface area contributed by atoms with Gasteiger partial charge in [0.05, 0.1) is 12.1 Å². The number of hydrogen-bond donors (Lipinski definition) is 1. The van der Waals surface area contributed by atoms with Gasteiger partial charge in [-0.2, -0.15) is 11.8 Å². The highest BCUT2D eigenvalue weighted by Crippen LogP contribution is 2.23. The zero-order valence-electron chi connectivity index (χ0n) is 9.82. The van der Waals surface area contributed by atoms with Crippen molar-refractivity contribution in [1.82, 2.24) is 4.98 Å². The van der Waals surface area contributed by atoms with Crippen LogP contribution in [0.25, 0.3) is 0 Å². The largest absolute Gasteiger partial charge is 0.481 e. The molecule has 0 aliphatic rings. The second-order valence-corrected chi connectivity index (χ2v) is 6.29. The van der Waals surface area contributed by atoms with Crippen LogP contribution in [0.1, 0.15) is 29.4 Å². The number of aromatic nitrogens is 1. The number of rotatable bonds is 6. The van der Waals surface area contributed by atoms with E-state index in [0.29, 0.717) is 5.92 Å². The van der Waals surface area contributed by atoms with Crippen molar-refractivity contribution in [3.63, 3.8) is 0 Å². The minimum Gasteiger partial charge on any atom is -0.481 e. The highest BCUT2D eigenvalue weighted by molar-refractivity contribution is 7.98. The fourth-order valence-electron chi connectivity index (χ4n) is 1.23. The molecule has 0 radical (unpaired) electrons. The zero-order chi connectivity index (χ0) is 12.1. The van der Waals surface area contributed by atoms with Crippen LogP contribution >= 0.6 is 23.1 Å². The van der Waals surface area contributed by atoms with Crippen LogP contribution in [0, 0.1) is 12.8 Å². The molecule has 0 bridgehead atoms. The first-order valence-corrected chi connectivity index (χ1v) is 7.21. The average Bonchev–Trinajstić information content (AvgIpc) is 2.45. The summed E-state index contributed by atoms with van der Waals surface area (Å²) in [5, 5.41) is 9.76. The van der Waals surface area contributed by atoms with Gasteiger partial charge in [0, 0.05) is 10.6 Å². The number of carbonyl (C=O) groups is 1. The zero-order valence-corrected chi connectivity index (χ0v) is 11.5. The molecule has 0 saturated carbocycles. The maximum Gasteiger partial charge on any atom is 0.308 e. The van der Waals surface area contributed by atoms with Gasteiger partial charge in [0.25, 0.3) is 0 Å². The van der Waals surface area contributed by atoms with Crippen molar-refractivity contribution in [3.8, 4) is 0 Å². The van der Waals surface area contributed by atoms with Gasteiger partial charge in [0.1, 0.15) is 5.01 Å². The average molecular weight is 259 g/mol.